The quantitative estimate of drug-likeness (QED) is 0.417. The number of hydrogen-bond acceptors (Lipinski definition) is 1. The first-order valence-corrected chi connectivity index (χ1v) is 11.3. The summed E-state index contributed by atoms with van der Waals surface area (Å²) >= 11 is 0. The molecular weight excluding hydrogens is 330 g/mol. The third-order valence-corrected chi connectivity index (χ3v) is 2.96. The summed E-state index contributed by atoms with van der Waals surface area (Å²) in [6.45, 7) is 32.0. The van der Waals surface area contributed by atoms with Gasteiger partial charge in [0.1, 0.15) is 0 Å². The maximum atomic E-state index is 12.1. The van der Waals surface area contributed by atoms with E-state index in [1.54, 1.807) is 4.90 Å². The summed E-state index contributed by atoms with van der Waals surface area (Å²) in [5.41, 5.74) is 1.90. The SMILES string of the molecule is C=C(CC)/C(=C\C=C/C)N(C)C(=O)C(C)CC.CC.CC.CC.CC.CC. The Morgan fingerprint density at radius 3 is 1.56 bits per heavy atom. The molecule has 27 heavy (non-hydrogen) atoms. The molecule has 0 aliphatic carbocycles. The average molecular weight is 386 g/mol. The summed E-state index contributed by atoms with van der Waals surface area (Å²) < 4.78 is 0. The minimum absolute atomic E-state index is 0.0543. The van der Waals surface area contributed by atoms with Gasteiger partial charge in [0.05, 0.1) is 0 Å². The highest BCUT2D eigenvalue weighted by Gasteiger charge is 2.19. The fourth-order valence-corrected chi connectivity index (χ4v) is 1.46. The molecule has 0 fully saturated rings. The van der Waals surface area contributed by atoms with E-state index in [1.807, 2.05) is 122 Å². The second-order valence-corrected chi connectivity index (χ2v) is 4.24. The van der Waals surface area contributed by atoms with Crippen LogP contribution in [0.15, 0.2) is 36.1 Å². The first kappa shape index (κ1) is 40.4. The molecule has 2 nitrogen and oxygen atoms in total. The van der Waals surface area contributed by atoms with Crippen LogP contribution in [0, 0.1) is 5.92 Å². The van der Waals surface area contributed by atoms with Crippen molar-refractivity contribution in [3.63, 3.8) is 0 Å². The monoisotopic (exact) mass is 385 g/mol. The van der Waals surface area contributed by atoms with Crippen LogP contribution in [0.5, 0.6) is 0 Å². The highest BCUT2D eigenvalue weighted by Crippen LogP contribution is 2.18. The van der Waals surface area contributed by atoms with Gasteiger partial charge in [0.15, 0.2) is 0 Å². The number of amides is 1. The predicted octanol–water partition coefficient (Wildman–Crippen LogP) is 9.05. The minimum atomic E-state index is 0.0543. The van der Waals surface area contributed by atoms with E-state index in [0.29, 0.717) is 0 Å². The molecule has 0 aromatic heterocycles. The standard InChI is InChI=1S/C15H25NO.5C2H6/c1-7-10-11-14(12(4)8-2)16(6)15(17)13(5)9-3;5*1-2/h7,10-11,13H,4,8-9H2,1-3,5-6H3;5*1-2H3/b10-7-,14-11+;;;;;. The van der Waals surface area contributed by atoms with E-state index < -0.39 is 0 Å². The molecule has 0 bridgehead atoms. The van der Waals surface area contributed by atoms with Crippen molar-refractivity contribution in [1.29, 1.82) is 0 Å². The van der Waals surface area contributed by atoms with Crippen LogP contribution in [-0.4, -0.2) is 17.9 Å². The number of allylic oxidation sites excluding steroid dienone is 4. The van der Waals surface area contributed by atoms with E-state index in [9.17, 15) is 4.79 Å². The van der Waals surface area contributed by atoms with Crippen molar-refractivity contribution in [3.8, 4) is 0 Å². The Hall–Kier alpha value is -1.31. The van der Waals surface area contributed by atoms with Crippen molar-refractivity contribution in [2.75, 3.05) is 7.05 Å². The number of rotatable bonds is 6. The van der Waals surface area contributed by atoms with Crippen LogP contribution < -0.4 is 0 Å². The highest BCUT2D eigenvalue weighted by molar-refractivity contribution is 5.80. The van der Waals surface area contributed by atoms with Gasteiger partial charge in [-0.05, 0) is 31.4 Å². The fourth-order valence-electron chi connectivity index (χ4n) is 1.46. The molecule has 0 saturated carbocycles. The van der Waals surface area contributed by atoms with Crippen LogP contribution in [0.2, 0.25) is 0 Å². The van der Waals surface area contributed by atoms with Gasteiger partial charge in [-0.2, -0.15) is 0 Å². The zero-order chi connectivity index (χ0) is 23.4. The van der Waals surface area contributed by atoms with Crippen LogP contribution in [0.1, 0.15) is 110 Å². The summed E-state index contributed by atoms with van der Waals surface area (Å²) in [5.74, 6) is 0.205. The lowest BCUT2D eigenvalue weighted by Gasteiger charge is -2.24. The summed E-state index contributed by atoms with van der Waals surface area (Å²) in [5, 5.41) is 0. The summed E-state index contributed by atoms with van der Waals surface area (Å²) in [7, 11) is 1.82. The van der Waals surface area contributed by atoms with E-state index in [2.05, 4.69) is 6.58 Å². The predicted molar refractivity (Wildman–Crippen MR) is 131 cm³/mol. The largest absolute Gasteiger partial charge is 0.315 e. The lowest BCUT2D eigenvalue weighted by atomic mass is 10.1. The zero-order valence-corrected chi connectivity index (χ0v) is 21.8. The molecule has 0 rings (SSSR count). The third-order valence-electron chi connectivity index (χ3n) is 2.96. The van der Waals surface area contributed by atoms with Crippen molar-refractivity contribution < 1.29 is 4.79 Å². The van der Waals surface area contributed by atoms with E-state index in [4.69, 9.17) is 0 Å². The van der Waals surface area contributed by atoms with Crippen LogP contribution in [0.3, 0.4) is 0 Å². The van der Waals surface area contributed by atoms with Crippen molar-refractivity contribution in [2.45, 2.75) is 110 Å². The lowest BCUT2D eigenvalue weighted by Crippen LogP contribution is -2.31. The summed E-state index contributed by atoms with van der Waals surface area (Å²) in [6, 6.07) is 0. The van der Waals surface area contributed by atoms with Gasteiger partial charge >= 0.3 is 0 Å². The molecule has 0 radical (unpaired) electrons. The van der Waals surface area contributed by atoms with Crippen molar-refractivity contribution in [1.82, 2.24) is 4.90 Å². The topological polar surface area (TPSA) is 20.3 Å². The Morgan fingerprint density at radius 2 is 1.30 bits per heavy atom. The summed E-state index contributed by atoms with van der Waals surface area (Å²) in [4.78, 5) is 13.8. The molecule has 0 aromatic carbocycles. The van der Waals surface area contributed by atoms with Crippen LogP contribution in [0.4, 0.5) is 0 Å². The lowest BCUT2D eigenvalue weighted by molar-refractivity contribution is -0.131. The first-order valence-electron chi connectivity index (χ1n) is 11.3. The van der Waals surface area contributed by atoms with Gasteiger partial charge in [-0.25, -0.2) is 0 Å². The molecule has 166 valence electrons. The Morgan fingerprint density at radius 1 is 0.926 bits per heavy atom. The average Bonchev–Trinajstić information content (AvgIpc) is 2.79. The van der Waals surface area contributed by atoms with E-state index in [1.165, 1.54) is 0 Å². The van der Waals surface area contributed by atoms with E-state index >= 15 is 0 Å². The van der Waals surface area contributed by atoms with Gasteiger partial charge in [-0.3, -0.25) is 4.79 Å². The number of carbonyl (C=O) groups is 1. The van der Waals surface area contributed by atoms with Crippen molar-refractivity contribution in [2.24, 2.45) is 5.92 Å². The second-order valence-electron chi connectivity index (χ2n) is 4.24. The number of nitrogens with zero attached hydrogens (tertiary/aromatic N) is 1. The number of carbonyl (C=O) groups excluding carboxylic acids is 1. The van der Waals surface area contributed by atoms with E-state index in [-0.39, 0.29) is 11.8 Å². The number of hydrogen-bond donors (Lipinski definition) is 0. The maximum Gasteiger partial charge on any atom is 0.229 e. The van der Waals surface area contributed by atoms with E-state index in [0.717, 1.165) is 24.1 Å². The van der Waals surface area contributed by atoms with Gasteiger partial charge in [0.25, 0.3) is 0 Å². The molecule has 2 heteroatoms. The fraction of sp³-hybridized carbons (Fsp3) is 0.720. The molecule has 1 atom stereocenters. The summed E-state index contributed by atoms with van der Waals surface area (Å²) in [6.07, 6.45) is 7.55. The molecule has 1 amide bonds. The smallest absolute Gasteiger partial charge is 0.229 e. The molecular formula is C25H55NO. The Kier molecular flexibility index (Phi) is 59.3. The molecule has 0 aliphatic heterocycles. The van der Waals surface area contributed by atoms with Gasteiger partial charge in [-0.1, -0.05) is 109 Å². The molecule has 0 N–H and O–H groups in total. The van der Waals surface area contributed by atoms with Crippen molar-refractivity contribution >= 4 is 5.91 Å². The van der Waals surface area contributed by atoms with Gasteiger partial charge in [0, 0.05) is 18.7 Å². The van der Waals surface area contributed by atoms with Gasteiger partial charge in [-0.15, -0.1) is 0 Å². The molecule has 0 aliphatic rings. The Bertz CT molecular complexity index is 327. The Balaban J connectivity index is -0.0000000945. The zero-order valence-electron chi connectivity index (χ0n) is 21.8. The minimum Gasteiger partial charge on any atom is -0.315 e. The van der Waals surface area contributed by atoms with Gasteiger partial charge < -0.3 is 4.90 Å². The van der Waals surface area contributed by atoms with Crippen LogP contribution >= 0.6 is 0 Å². The number of likely N-dealkylation sites (N-methyl/N-ethyl adjacent to an activating group) is 1. The third kappa shape index (κ3) is 24.7. The normalized spacial score (nSPS) is 9.81. The molecule has 0 spiro atoms. The maximum absolute atomic E-state index is 12.1. The first-order chi connectivity index (χ1) is 13.0. The molecule has 0 heterocycles. The van der Waals surface area contributed by atoms with Crippen LogP contribution in [0.25, 0.3) is 0 Å². The molecule has 1 unspecified atom stereocenters. The van der Waals surface area contributed by atoms with Crippen LogP contribution in [-0.2, 0) is 4.79 Å². The Labute approximate surface area is 174 Å². The van der Waals surface area contributed by atoms with Crippen molar-refractivity contribution in [3.05, 3.63) is 36.1 Å². The molecule has 0 aromatic rings. The highest BCUT2D eigenvalue weighted by atomic mass is 16.2. The molecule has 0 saturated heterocycles. The van der Waals surface area contributed by atoms with Gasteiger partial charge in [0.2, 0.25) is 5.91 Å². The second kappa shape index (κ2) is 39.7.